The molecule has 10 nitrogen and oxygen atoms in total. The van der Waals surface area contributed by atoms with Gasteiger partial charge in [-0.25, -0.2) is 0 Å². The van der Waals surface area contributed by atoms with Gasteiger partial charge in [-0.2, -0.15) is 0 Å². The maximum atomic E-state index is 13.7. The molecule has 12 heteroatoms. The second kappa shape index (κ2) is 13.2. The number of aromatic nitrogens is 2. The molecule has 3 aromatic carbocycles. The summed E-state index contributed by atoms with van der Waals surface area (Å²) < 4.78 is 23.6. The molecule has 1 fully saturated rings. The third kappa shape index (κ3) is 6.20. The third-order valence-electron chi connectivity index (χ3n) is 7.23. The minimum atomic E-state index is -1.02. The van der Waals surface area contributed by atoms with Crippen LogP contribution >= 0.6 is 23.1 Å². The van der Waals surface area contributed by atoms with Gasteiger partial charge in [0.1, 0.15) is 19.0 Å². The lowest BCUT2D eigenvalue weighted by atomic mass is 9.95. The molecule has 2 aliphatic rings. The Morgan fingerprint density at radius 2 is 1.69 bits per heavy atom. The number of carbonyl (C=O) groups excluding carboxylic acids is 2. The zero-order valence-electron chi connectivity index (χ0n) is 24.9. The fourth-order valence-electron chi connectivity index (χ4n) is 5.12. The van der Waals surface area contributed by atoms with E-state index in [1.165, 1.54) is 33.6 Å². The van der Waals surface area contributed by atoms with E-state index in [0.717, 1.165) is 5.56 Å². The predicted octanol–water partition coefficient (Wildman–Crippen LogP) is 6.33. The molecule has 4 aromatic rings. The third-order valence-corrected chi connectivity index (χ3v) is 9.36. The van der Waals surface area contributed by atoms with Crippen molar-refractivity contribution < 1.29 is 33.6 Å². The second-order valence-electron chi connectivity index (χ2n) is 10.2. The molecule has 1 aromatic heterocycles. The van der Waals surface area contributed by atoms with Gasteiger partial charge in [-0.15, -0.1) is 10.2 Å². The number of amides is 1. The van der Waals surface area contributed by atoms with Gasteiger partial charge in [0.05, 0.1) is 24.8 Å². The van der Waals surface area contributed by atoms with E-state index in [1.807, 2.05) is 20.8 Å². The standard InChI is InChI=1S/C33H31N3O7S2/c1-4-40-23-12-10-21(16-25(23)41-5-2)28-27(29(37)22-11-13-24-26(17-22)43-15-14-42-24)30(38)31(39)36(28)32-34-35-33(45-32)44-18-20-8-6-19(3)7-9-20/h6-13,16-17,28,37H,4-5,14-15,18H2,1-3H3/b29-27+. The van der Waals surface area contributed by atoms with Gasteiger partial charge < -0.3 is 24.1 Å². The number of Topliss-reactive ketones (excluding diaryl/α,β-unsaturated/α-hetero) is 1. The van der Waals surface area contributed by atoms with Crippen LogP contribution in [0, 0.1) is 6.92 Å². The summed E-state index contributed by atoms with van der Waals surface area (Å²) in [5, 5.41) is 20.5. The van der Waals surface area contributed by atoms with E-state index >= 15 is 0 Å². The van der Waals surface area contributed by atoms with Gasteiger partial charge in [-0.1, -0.05) is 59.0 Å². The minimum Gasteiger partial charge on any atom is -0.507 e. The van der Waals surface area contributed by atoms with Gasteiger partial charge >= 0.3 is 5.91 Å². The van der Waals surface area contributed by atoms with Crippen LogP contribution in [-0.2, 0) is 15.3 Å². The van der Waals surface area contributed by atoms with Gasteiger partial charge in [0, 0.05) is 11.3 Å². The van der Waals surface area contributed by atoms with E-state index in [4.69, 9.17) is 18.9 Å². The Hall–Kier alpha value is -4.55. The lowest BCUT2D eigenvalue weighted by Crippen LogP contribution is -2.29. The molecule has 0 bridgehead atoms. The van der Waals surface area contributed by atoms with Crippen LogP contribution in [0.5, 0.6) is 23.0 Å². The number of hydrogen-bond acceptors (Lipinski definition) is 11. The lowest BCUT2D eigenvalue weighted by molar-refractivity contribution is -0.132. The van der Waals surface area contributed by atoms with Gasteiger partial charge in [0.15, 0.2) is 27.3 Å². The van der Waals surface area contributed by atoms with Crippen molar-refractivity contribution in [2.75, 3.05) is 31.3 Å². The fourth-order valence-corrected chi connectivity index (χ4v) is 6.94. The summed E-state index contributed by atoms with van der Waals surface area (Å²) in [6.45, 7) is 7.33. The molecule has 0 aliphatic carbocycles. The quantitative estimate of drug-likeness (QED) is 0.0688. The van der Waals surface area contributed by atoms with Crippen LogP contribution in [-0.4, -0.2) is 53.4 Å². The van der Waals surface area contributed by atoms with Gasteiger partial charge in [-0.05, 0) is 62.2 Å². The average Bonchev–Trinajstić information content (AvgIpc) is 3.63. The lowest BCUT2D eigenvalue weighted by Gasteiger charge is -2.24. The summed E-state index contributed by atoms with van der Waals surface area (Å²) >= 11 is 2.70. The molecule has 45 heavy (non-hydrogen) atoms. The van der Waals surface area contributed by atoms with Crippen LogP contribution in [0.2, 0.25) is 0 Å². The van der Waals surface area contributed by atoms with Gasteiger partial charge in [0.25, 0.3) is 5.78 Å². The molecule has 0 saturated carbocycles. The molecule has 1 N–H and O–H groups in total. The summed E-state index contributed by atoms with van der Waals surface area (Å²) in [5.41, 5.74) is 3.05. The molecule has 232 valence electrons. The molecule has 0 spiro atoms. The van der Waals surface area contributed by atoms with E-state index < -0.39 is 17.7 Å². The first-order valence-electron chi connectivity index (χ1n) is 14.5. The van der Waals surface area contributed by atoms with Crippen LogP contribution in [0.4, 0.5) is 5.13 Å². The Labute approximate surface area is 268 Å². The molecule has 1 atom stereocenters. The molecule has 1 saturated heterocycles. The van der Waals surface area contributed by atoms with Crippen molar-refractivity contribution in [3.05, 3.63) is 88.5 Å². The van der Waals surface area contributed by atoms with Crippen molar-refractivity contribution in [3.63, 3.8) is 0 Å². The van der Waals surface area contributed by atoms with Crippen LogP contribution in [0.25, 0.3) is 5.76 Å². The average molecular weight is 646 g/mol. The highest BCUT2D eigenvalue weighted by molar-refractivity contribution is 8.00. The van der Waals surface area contributed by atoms with Crippen molar-refractivity contribution in [2.24, 2.45) is 0 Å². The number of aryl methyl sites for hydroxylation is 1. The molecule has 1 amide bonds. The summed E-state index contributed by atoms with van der Waals surface area (Å²) in [7, 11) is 0. The Balaban J connectivity index is 1.42. The number of ether oxygens (including phenoxy) is 4. The van der Waals surface area contributed by atoms with Crippen LogP contribution < -0.4 is 23.8 Å². The zero-order valence-corrected chi connectivity index (χ0v) is 26.6. The maximum absolute atomic E-state index is 13.7. The number of anilines is 1. The topological polar surface area (TPSA) is 120 Å². The second-order valence-corrected chi connectivity index (χ2v) is 12.4. The van der Waals surface area contributed by atoms with E-state index in [2.05, 4.69) is 34.5 Å². The summed E-state index contributed by atoms with van der Waals surface area (Å²) in [5.74, 6) is 0.606. The normalized spacial score (nSPS) is 17.0. The number of carbonyl (C=O) groups is 2. The molecule has 2 aliphatic heterocycles. The van der Waals surface area contributed by atoms with Crippen molar-refractivity contribution in [1.82, 2.24) is 10.2 Å². The largest absolute Gasteiger partial charge is 0.507 e. The Morgan fingerprint density at radius 1 is 0.956 bits per heavy atom. The monoisotopic (exact) mass is 645 g/mol. The van der Waals surface area contributed by atoms with Crippen LogP contribution in [0.3, 0.4) is 0 Å². The molecule has 0 radical (unpaired) electrons. The van der Waals surface area contributed by atoms with Gasteiger partial charge in [-0.3, -0.25) is 14.5 Å². The first-order valence-corrected chi connectivity index (χ1v) is 16.3. The Bertz CT molecular complexity index is 1770. The number of nitrogens with zero attached hydrogens (tertiary/aromatic N) is 3. The van der Waals surface area contributed by atoms with Crippen molar-refractivity contribution in [3.8, 4) is 23.0 Å². The molecule has 1 unspecified atom stereocenters. The zero-order chi connectivity index (χ0) is 31.5. The van der Waals surface area contributed by atoms with E-state index in [0.29, 0.717) is 70.6 Å². The molecule has 6 rings (SSSR count). The molecule has 3 heterocycles. The van der Waals surface area contributed by atoms with E-state index in [-0.39, 0.29) is 16.5 Å². The van der Waals surface area contributed by atoms with Crippen molar-refractivity contribution in [1.29, 1.82) is 0 Å². The molecular formula is C33H31N3O7S2. The minimum absolute atomic E-state index is 0.0904. The van der Waals surface area contributed by atoms with E-state index in [1.54, 1.807) is 36.4 Å². The first-order chi connectivity index (χ1) is 21.9. The Kier molecular flexibility index (Phi) is 8.95. The van der Waals surface area contributed by atoms with Crippen molar-refractivity contribution >= 4 is 45.7 Å². The van der Waals surface area contributed by atoms with Crippen LogP contribution in [0.1, 0.15) is 42.1 Å². The van der Waals surface area contributed by atoms with E-state index in [9.17, 15) is 14.7 Å². The predicted molar refractivity (Wildman–Crippen MR) is 172 cm³/mol. The SMILES string of the molecule is CCOc1ccc(C2/C(=C(\O)c3ccc4c(c3)OCCO4)C(=O)C(=O)N2c2nnc(SCc3ccc(C)cc3)s2)cc1OCC. The highest BCUT2D eigenvalue weighted by Gasteiger charge is 2.48. The Morgan fingerprint density at radius 3 is 2.44 bits per heavy atom. The first kappa shape index (κ1) is 30.5. The van der Waals surface area contributed by atoms with Crippen LogP contribution in [0.15, 0.2) is 70.6 Å². The number of benzene rings is 3. The fraction of sp³-hybridized carbons (Fsp3) is 0.273. The summed E-state index contributed by atoms with van der Waals surface area (Å²) in [4.78, 5) is 28.8. The highest BCUT2D eigenvalue weighted by atomic mass is 32.2. The molecular weight excluding hydrogens is 615 g/mol. The maximum Gasteiger partial charge on any atom is 0.301 e. The van der Waals surface area contributed by atoms with Crippen molar-refractivity contribution in [2.45, 2.75) is 36.9 Å². The number of ketones is 1. The number of rotatable bonds is 10. The van der Waals surface area contributed by atoms with Gasteiger partial charge in [0.2, 0.25) is 5.13 Å². The number of aliphatic hydroxyl groups excluding tert-OH is 1. The smallest absolute Gasteiger partial charge is 0.301 e. The summed E-state index contributed by atoms with van der Waals surface area (Å²) in [6, 6.07) is 17.3. The summed E-state index contributed by atoms with van der Waals surface area (Å²) in [6.07, 6.45) is 0. The number of thioether (sulfide) groups is 1. The number of hydrogen-bond donors (Lipinski definition) is 1. The number of aliphatic hydroxyl groups is 1. The number of fused-ring (bicyclic) bond motifs is 1. The highest BCUT2D eigenvalue weighted by Crippen LogP contribution is 2.46.